The molecule has 0 saturated carbocycles. The monoisotopic (exact) mass is 563 g/mol. The van der Waals surface area contributed by atoms with E-state index in [9.17, 15) is 31.2 Å². The predicted octanol–water partition coefficient (Wildman–Crippen LogP) is 4.45. The molecule has 0 unspecified atom stereocenters. The number of alkyl halides is 3. The number of aromatic amines is 1. The maximum atomic E-state index is 14.0. The van der Waals surface area contributed by atoms with Gasteiger partial charge in [-0.05, 0) is 61.3 Å². The molecule has 0 spiro atoms. The van der Waals surface area contributed by atoms with Crippen LogP contribution in [0.15, 0.2) is 38.8 Å². The van der Waals surface area contributed by atoms with Crippen LogP contribution in [0, 0.1) is 0 Å². The Morgan fingerprint density at radius 2 is 1.72 bits per heavy atom. The molecule has 0 bridgehead atoms. The van der Waals surface area contributed by atoms with Crippen LogP contribution in [0.2, 0.25) is 10.0 Å². The van der Waals surface area contributed by atoms with E-state index in [1.165, 1.54) is 25.1 Å². The molecule has 1 aromatic heterocycles. The number of hydrogen-bond acceptors (Lipinski definition) is 5. The molecule has 0 radical (unpaired) electrons. The standard InChI is InChI=1S/C23H22Cl2F3N3O4S/c1-2-36(34,35)18-6-5-14(24)9-13(18)11-31-21(32)15-10-17(23(26,27)28)16(12-30-7-3-4-8-30)19(25)20(15)29-22(31)33/h5-6,9-10H,2-4,7-8,11-12H2,1H3,(H,29,33). The summed E-state index contributed by atoms with van der Waals surface area (Å²) in [4.78, 5) is 30.3. The number of nitrogens with one attached hydrogen (secondary N) is 1. The van der Waals surface area contributed by atoms with Gasteiger partial charge in [0.15, 0.2) is 9.84 Å². The zero-order chi connectivity index (χ0) is 26.4. The van der Waals surface area contributed by atoms with Crippen molar-refractivity contribution in [1.82, 2.24) is 14.5 Å². The fourth-order valence-electron chi connectivity index (χ4n) is 4.41. The molecule has 0 amide bonds. The fourth-order valence-corrected chi connectivity index (χ4v) is 6.02. The van der Waals surface area contributed by atoms with Gasteiger partial charge in [0.25, 0.3) is 5.56 Å². The number of fused-ring (bicyclic) bond motifs is 1. The van der Waals surface area contributed by atoms with Crippen LogP contribution in [0.5, 0.6) is 0 Å². The average Bonchev–Trinajstić information content (AvgIpc) is 3.31. The Morgan fingerprint density at radius 3 is 2.33 bits per heavy atom. The van der Waals surface area contributed by atoms with Crippen molar-refractivity contribution in [2.24, 2.45) is 0 Å². The maximum absolute atomic E-state index is 14.0. The summed E-state index contributed by atoms with van der Waals surface area (Å²) in [7, 11) is -3.74. The normalized spacial score (nSPS) is 15.2. The largest absolute Gasteiger partial charge is 0.416 e. The summed E-state index contributed by atoms with van der Waals surface area (Å²) in [6.07, 6.45) is -3.09. The molecule has 1 saturated heterocycles. The summed E-state index contributed by atoms with van der Waals surface area (Å²) in [6.45, 7) is 2.07. The minimum atomic E-state index is -4.80. The summed E-state index contributed by atoms with van der Waals surface area (Å²) in [5, 5.41) is -0.608. The Kier molecular flexibility index (Phi) is 7.31. The Hall–Kier alpha value is -2.34. The van der Waals surface area contributed by atoms with Crippen LogP contribution >= 0.6 is 23.2 Å². The highest BCUT2D eigenvalue weighted by atomic mass is 35.5. The van der Waals surface area contributed by atoms with E-state index in [1.54, 1.807) is 0 Å². The van der Waals surface area contributed by atoms with E-state index in [2.05, 4.69) is 4.98 Å². The zero-order valence-corrected chi connectivity index (χ0v) is 21.4. The van der Waals surface area contributed by atoms with Gasteiger partial charge in [-0.3, -0.25) is 14.3 Å². The molecule has 3 aromatic rings. The van der Waals surface area contributed by atoms with E-state index in [-0.39, 0.29) is 43.9 Å². The lowest BCUT2D eigenvalue weighted by Crippen LogP contribution is -2.36. The topological polar surface area (TPSA) is 92.2 Å². The second kappa shape index (κ2) is 9.85. The first-order valence-corrected chi connectivity index (χ1v) is 13.5. The smallest absolute Gasteiger partial charge is 0.305 e. The van der Waals surface area contributed by atoms with Crippen molar-refractivity contribution in [3.8, 4) is 0 Å². The molecule has 7 nitrogen and oxygen atoms in total. The lowest BCUT2D eigenvalue weighted by Gasteiger charge is -2.21. The van der Waals surface area contributed by atoms with Gasteiger partial charge in [0.05, 0.1) is 38.7 Å². The molecule has 0 aliphatic carbocycles. The number of aromatic nitrogens is 2. The maximum Gasteiger partial charge on any atom is 0.416 e. The molecule has 4 rings (SSSR count). The third-order valence-electron chi connectivity index (χ3n) is 6.27. The number of rotatable bonds is 6. The van der Waals surface area contributed by atoms with Gasteiger partial charge >= 0.3 is 11.9 Å². The Balaban J connectivity index is 1.92. The summed E-state index contributed by atoms with van der Waals surface area (Å²) in [6, 6.07) is 4.62. The molecule has 1 aliphatic heterocycles. The highest BCUT2D eigenvalue weighted by Gasteiger charge is 2.36. The molecule has 1 fully saturated rings. The summed E-state index contributed by atoms with van der Waals surface area (Å²) >= 11 is 12.4. The van der Waals surface area contributed by atoms with Crippen molar-refractivity contribution >= 4 is 43.9 Å². The van der Waals surface area contributed by atoms with Gasteiger partial charge in [-0.1, -0.05) is 30.1 Å². The van der Waals surface area contributed by atoms with Crippen LogP contribution in [-0.2, 0) is 29.1 Å². The lowest BCUT2D eigenvalue weighted by atomic mass is 10.0. The van der Waals surface area contributed by atoms with Gasteiger partial charge in [0.2, 0.25) is 0 Å². The SMILES string of the molecule is CCS(=O)(=O)c1ccc(Cl)cc1Cn1c(=O)[nH]c2c(Cl)c(CN3CCCC3)c(C(F)(F)F)cc2c1=O. The first-order chi connectivity index (χ1) is 16.8. The number of sulfone groups is 1. The van der Waals surface area contributed by atoms with Crippen molar-refractivity contribution in [2.45, 2.75) is 43.9 Å². The number of hydrogen-bond donors (Lipinski definition) is 1. The van der Waals surface area contributed by atoms with Crippen LogP contribution in [0.4, 0.5) is 13.2 Å². The van der Waals surface area contributed by atoms with Crippen molar-refractivity contribution in [1.29, 1.82) is 0 Å². The van der Waals surface area contributed by atoms with Crippen molar-refractivity contribution in [2.75, 3.05) is 18.8 Å². The van der Waals surface area contributed by atoms with E-state index in [0.29, 0.717) is 23.7 Å². The molecule has 2 heterocycles. The first-order valence-electron chi connectivity index (χ1n) is 11.1. The number of likely N-dealkylation sites (tertiary alicyclic amines) is 1. The predicted molar refractivity (Wildman–Crippen MR) is 132 cm³/mol. The van der Waals surface area contributed by atoms with E-state index in [0.717, 1.165) is 12.8 Å². The molecule has 194 valence electrons. The van der Waals surface area contributed by atoms with Crippen molar-refractivity contribution in [3.05, 3.63) is 71.8 Å². The number of H-pyrrole nitrogens is 1. The van der Waals surface area contributed by atoms with E-state index >= 15 is 0 Å². The summed E-state index contributed by atoms with van der Waals surface area (Å²) in [5.74, 6) is -0.241. The van der Waals surface area contributed by atoms with Crippen molar-refractivity contribution in [3.63, 3.8) is 0 Å². The van der Waals surface area contributed by atoms with Crippen LogP contribution in [0.3, 0.4) is 0 Å². The molecule has 0 atom stereocenters. The second-order valence-electron chi connectivity index (χ2n) is 8.60. The summed E-state index contributed by atoms with van der Waals surface area (Å²) < 4.78 is 67.7. The minimum Gasteiger partial charge on any atom is -0.305 e. The number of nitrogens with zero attached hydrogens (tertiary/aromatic N) is 2. The lowest BCUT2D eigenvalue weighted by molar-refractivity contribution is -0.138. The molecule has 1 aliphatic rings. The van der Waals surface area contributed by atoms with E-state index < -0.39 is 44.8 Å². The number of benzene rings is 2. The van der Waals surface area contributed by atoms with Gasteiger partial charge in [-0.25, -0.2) is 13.2 Å². The molecule has 1 N–H and O–H groups in total. The highest BCUT2D eigenvalue weighted by molar-refractivity contribution is 7.91. The Bertz CT molecular complexity index is 1560. The summed E-state index contributed by atoms with van der Waals surface area (Å²) in [5.41, 5.74) is -3.38. The van der Waals surface area contributed by atoms with Gasteiger partial charge in [-0.2, -0.15) is 13.2 Å². The molecule has 13 heteroatoms. The Morgan fingerprint density at radius 1 is 1.06 bits per heavy atom. The molecule has 2 aromatic carbocycles. The van der Waals surface area contributed by atoms with E-state index in [1.807, 2.05) is 4.90 Å². The fraction of sp³-hybridized carbons (Fsp3) is 0.391. The zero-order valence-electron chi connectivity index (χ0n) is 19.1. The van der Waals surface area contributed by atoms with Crippen molar-refractivity contribution < 1.29 is 21.6 Å². The third-order valence-corrected chi connectivity index (χ3v) is 8.75. The quantitative estimate of drug-likeness (QED) is 0.478. The van der Waals surface area contributed by atoms with Crippen LogP contribution in [0.1, 0.15) is 36.5 Å². The third kappa shape index (κ3) is 5.06. The molecular formula is C23H22Cl2F3N3O4S. The van der Waals surface area contributed by atoms with Crippen LogP contribution in [-0.4, -0.2) is 41.7 Å². The van der Waals surface area contributed by atoms with E-state index in [4.69, 9.17) is 23.2 Å². The minimum absolute atomic E-state index is 0.0593. The second-order valence-corrected chi connectivity index (χ2v) is 11.7. The van der Waals surface area contributed by atoms with Gasteiger partial charge < -0.3 is 4.98 Å². The van der Waals surface area contributed by atoms with Gasteiger partial charge in [0.1, 0.15) is 0 Å². The Labute approximate surface area is 214 Å². The average molecular weight is 564 g/mol. The van der Waals surface area contributed by atoms with Gasteiger partial charge in [0, 0.05) is 11.6 Å². The molecular weight excluding hydrogens is 542 g/mol. The first kappa shape index (κ1) is 26.7. The number of halogens is 5. The van der Waals surface area contributed by atoms with Crippen LogP contribution < -0.4 is 11.2 Å². The molecule has 36 heavy (non-hydrogen) atoms. The van der Waals surface area contributed by atoms with Gasteiger partial charge in [-0.15, -0.1) is 0 Å². The highest BCUT2D eigenvalue weighted by Crippen LogP contribution is 2.39. The van der Waals surface area contributed by atoms with Crippen LogP contribution in [0.25, 0.3) is 10.9 Å².